The molecule has 0 bridgehead atoms. The zero-order valence-corrected chi connectivity index (χ0v) is 16.2. The highest BCUT2D eigenvalue weighted by molar-refractivity contribution is 5.43. The second kappa shape index (κ2) is 7.91. The van der Waals surface area contributed by atoms with Crippen LogP contribution in [0.1, 0.15) is 29.5 Å². The number of benzene rings is 2. The topological polar surface area (TPSA) is 41.9 Å². The Morgan fingerprint density at radius 3 is 2.30 bits per heavy atom. The summed E-state index contributed by atoms with van der Waals surface area (Å²) in [5, 5.41) is 9.82. The molecule has 2 fully saturated rings. The average molecular weight is 367 g/mol. The Balaban J connectivity index is 1.40. The maximum atomic E-state index is 9.82. The normalized spacial score (nSPS) is 24.8. The van der Waals surface area contributed by atoms with Crippen LogP contribution in [0.2, 0.25) is 0 Å². The molecule has 4 nitrogen and oxygen atoms in total. The Morgan fingerprint density at radius 2 is 1.63 bits per heavy atom. The number of rotatable bonds is 6. The monoisotopic (exact) mass is 367 g/mol. The summed E-state index contributed by atoms with van der Waals surface area (Å²) in [5.74, 6) is 2.89. The smallest absolute Gasteiger partial charge is 0.161 e. The molecule has 27 heavy (non-hydrogen) atoms. The Bertz CT molecular complexity index is 760. The van der Waals surface area contributed by atoms with Crippen LogP contribution in [-0.2, 0) is 13.2 Å². The molecule has 4 rings (SSSR count). The number of aryl methyl sites for hydroxylation is 1. The van der Waals surface area contributed by atoms with Crippen LogP contribution in [-0.4, -0.2) is 36.3 Å². The zero-order valence-electron chi connectivity index (χ0n) is 16.2. The molecule has 144 valence electrons. The van der Waals surface area contributed by atoms with E-state index in [1.165, 1.54) is 11.1 Å². The minimum absolute atomic E-state index is 0.0788. The highest BCUT2D eigenvalue weighted by Crippen LogP contribution is 2.39. The average Bonchev–Trinajstić information content (AvgIpc) is 3.18. The lowest BCUT2D eigenvalue weighted by molar-refractivity contribution is 0.161. The van der Waals surface area contributed by atoms with Gasteiger partial charge >= 0.3 is 0 Å². The molecule has 2 aliphatic rings. The molecule has 0 radical (unpaired) electrons. The minimum Gasteiger partial charge on any atom is -0.493 e. The van der Waals surface area contributed by atoms with E-state index in [1.54, 1.807) is 7.11 Å². The second-order valence-corrected chi connectivity index (χ2v) is 8.10. The van der Waals surface area contributed by atoms with E-state index in [1.807, 2.05) is 6.07 Å². The van der Waals surface area contributed by atoms with Crippen LogP contribution in [0.5, 0.6) is 11.5 Å². The van der Waals surface area contributed by atoms with E-state index >= 15 is 0 Å². The van der Waals surface area contributed by atoms with E-state index in [2.05, 4.69) is 48.2 Å². The summed E-state index contributed by atoms with van der Waals surface area (Å²) in [7, 11) is 1.68. The highest BCUT2D eigenvalue weighted by atomic mass is 16.5. The summed E-state index contributed by atoms with van der Waals surface area (Å²) in [6, 6.07) is 14.6. The van der Waals surface area contributed by atoms with Gasteiger partial charge in [0.05, 0.1) is 13.2 Å². The molecule has 1 saturated heterocycles. The maximum Gasteiger partial charge on any atom is 0.161 e. The Kier molecular flexibility index (Phi) is 5.37. The molecule has 1 aliphatic heterocycles. The van der Waals surface area contributed by atoms with Gasteiger partial charge < -0.3 is 14.6 Å². The van der Waals surface area contributed by atoms with Crippen molar-refractivity contribution < 1.29 is 14.6 Å². The lowest BCUT2D eigenvalue weighted by atomic mass is 10.0. The van der Waals surface area contributed by atoms with Gasteiger partial charge in [-0.1, -0.05) is 35.9 Å². The quantitative estimate of drug-likeness (QED) is 0.844. The summed E-state index contributed by atoms with van der Waals surface area (Å²) < 4.78 is 11.6. The van der Waals surface area contributed by atoms with Crippen molar-refractivity contribution in [2.24, 2.45) is 11.8 Å². The SMILES string of the molecule is COc1ccc(CN2C[C@H]3CC(O)C[C@H]3C2)cc1OCc1ccc(C)cc1. The van der Waals surface area contributed by atoms with Crippen LogP contribution in [0.4, 0.5) is 0 Å². The van der Waals surface area contributed by atoms with Crippen molar-refractivity contribution in [3.8, 4) is 11.5 Å². The number of methoxy groups -OCH3 is 1. The van der Waals surface area contributed by atoms with Gasteiger partial charge in [0.15, 0.2) is 11.5 Å². The van der Waals surface area contributed by atoms with Gasteiger partial charge in [-0.25, -0.2) is 0 Å². The number of hydrogen-bond donors (Lipinski definition) is 1. The molecule has 0 spiro atoms. The molecule has 1 N–H and O–H groups in total. The van der Waals surface area contributed by atoms with Gasteiger partial charge in [0.25, 0.3) is 0 Å². The van der Waals surface area contributed by atoms with Crippen molar-refractivity contribution in [3.05, 3.63) is 59.2 Å². The Labute approximate surface area is 161 Å². The molecular weight excluding hydrogens is 338 g/mol. The number of nitrogens with zero attached hydrogens (tertiary/aromatic N) is 1. The van der Waals surface area contributed by atoms with Crippen LogP contribution in [0.3, 0.4) is 0 Å². The fourth-order valence-corrected chi connectivity index (χ4v) is 4.53. The Hall–Kier alpha value is -2.04. The van der Waals surface area contributed by atoms with E-state index in [4.69, 9.17) is 9.47 Å². The van der Waals surface area contributed by atoms with E-state index in [0.29, 0.717) is 18.4 Å². The largest absolute Gasteiger partial charge is 0.493 e. The van der Waals surface area contributed by atoms with Gasteiger partial charge in [0.1, 0.15) is 6.61 Å². The summed E-state index contributed by atoms with van der Waals surface area (Å²) in [6.07, 6.45) is 1.86. The number of fused-ring (bicyclic) bond motifs is 1. The first-order valence-corrected chi connectivity index (χ1v) is 9.86. The van der Waals surface area contributed by atoms with E-state index < -0.39 is 0 Å². The van der Waals surface area contributed by atoms with Crippen molar-refractivity contribution in [2.75, 3.05) is 20.2 Å². The lowest BCUT2D eigenvalue weighted by Gasteiger charge is -2.19. The second-order valence-electron chi connectivity index (χ2n) is 8.10. The number of ether oxygens (including phenoxy) is 2. The third-order valence-electron chi connectivity index (χ3n) is 5.95. The molecule has 0 aromatic heterocycles. The lowest BCUT2D eigenvalue weighted by Crippen LogP contribution is -2.22. The molecule has 1 saturated carbocycles. The Morgan fingerprint density at radius 1 is 0.963 bits per heavy atom. The first kappa shape index (κ1) is 18.3. The van der Waals surface area contributed by atoms with Gasteiger partial charge in [0.2, 0.25) is 0 Å². The molecule has 2 aromatic rings. The van der Waals surface area contributed by atoms with Crippen LogP contribution < -0.4 is 9.47 Å². The van der Waals surface area contributed by atoms with Crippen LogP contribution >= 0.6 is 0 Å². The predicted molar refractivity (Wildman–Crippen MR) is 106 cm³/mol. The zero-order chi connectivity index (χ0) is 18.8. The predicted octanol–water partition coefficient (Wildman–Crippen LogP) is 3.79. The first-order valence-electron chi connectivity index (χ1n) is 9.86. The van der Waals surface area contributed by atoms with Crippen molar-refractivity contribution in [3.63, 3.8) is 0 Å². The van der Waals surface area contributed by atoms with Crippen molar-refractivity contribution in [2.45, 2.75) is 39.0 Å². The standard InChI is InChI=1S/C23H29NO3/c1-16-3-5-17(6-4-16)15-27-23-9-18(7-8-22(23)26-2)12-24-13-19-10-21(25)11-20(19)14-24/h3-9,19-21,25H,10-15H2,1-2H3/t19-,20+,21?. The number of aliphatic hydroxyl groups is 1. The maximum absolute atomic E-state index is 9.82. The van der Waals surface area contributed by atoms with Crippen LogP contribution in [0.25, 0.3) is 0 Å². The van der Waals surface area contributed by atoms with E-state index in [9.17, 15) is 5.11 Å². The van der Waals surface area contributed by atoms with E-state index in [0.717, 1.165) is 49.5 Å². The molecule has 1 aliphatic carbocycles. The molecule has 1 heterocycles. The highest BCUT2D eigenvalue weighted by Gasteiger charge is 2.39. The van der Waals surface area contributed by atoms with Crippen molar-refractivity contribution >= 4 is 0 Å². The van der Waals surface area contributed by atoms with Gasteiger partial charge in [-0.2, -0.15) is 0 Å². The molecule has 2 aromatic carbocycles. The van der Waals surface area contributed by atoms with Crippen molar-refractivity contribution in [1.29, 1.82) is 0 Å². The number of hydrogen-bond acceptors (Lipinski definition) is 4. The van der Waals surface area contributed by atoms with Crippen molar-refractivity contribution in [1.82, 2.24) is 4.90 Å². The fraction of sp³-hybridized carbons (Fsp3) is 0.478. The van der Waals surface area contributed by atoms with Gasteiger partial charge in [0, 0.05) is 19.6 Å². The minimum atomic E-state index is -0.0788. The molecule has 3 atom stereocenters. The first-order chi connectivity index (χ1) is 13.1. The summed E-state index contributed by atoms with van der Waals surface area (Å²) in [4.78, 5) is 2.51. The summed E-state index contributed by atoms with van der Waals surface area (Å²) in [5.41, 5.74) is 3.65. The third kappa shape index (κ3) is 4.28. The van der Waals surface area contributed by atoms with E-state index in [-0.39, 0.29) is 6.10 Å². The fourth-order valence-electron chi connectivity index (χ4n) is 4.53. The van der Waals surface area contributed by atoms with Gasteiger partial charge in [-0.15, -0.1) is 0 Å². The third-order valence-corrected chi connectivity index (χ3v) is 5.95. The molecule has 1 unspecified atom stereocenters. The van der Waals surface area contributed by atoms with Gasteiger partial charge in [-0.3, -0.25) is 4.90 Å². The number of likely N-dealkylation sites (tertiary alicyclic amines) is 1. The molecular formula is C23H29NO3. The molecule has 4 heteroatoms. The van der Waals surface area contributed by atoms with Crippen LogP contribution in [0, 0.1) is 18.8 Å². The van der Waals surface area contributed by atoms with Gasteiger partial charge in [-0.05, 0) is 54.9 Å². The summed E-state index contributed by atoms with van der Waals surface area (Å²) >= 11 is 0. The summed E-state index contributed by atoms with van der Waals surface area (Å²) in [6.45, 7) is 5.73. The molecule has 0 amide bonds. The van der Waals surface area contributed by atoms with Crippen LogP contribution in [0.15, 0.2) is 42.5 Å². The number of aliphatic hydroxyl groups excluding tert-OH is 1.